The standard InChI is InChI=1S/C30H40N2O7/c1-4-6-20-38-29(36)24-23-15-16-30(39-23)25(24)27(34)32(18-9-7-8-10-19-33)26(30)28(35)31(17-5-2)21-11-13-22(37-3)14-12-21/h4-5,11-14,23-26,33H,1-2,6-10,15-20H2,3H3/t23-,24+,25+,26?,30?/m1/s1. The van der Waals surface area contributed by atoms with Gasteiger partial charge >= 0.3 is 5.97 Å². The van der Waals surface area contributed by atoms with E-state index in [1.165, 1.54) is 0 Å². The number of methoxy groups -OCH3 is 1. The molecule has 39 heavy (non-hydrogen) atoms. The first-order chi connectivity index (χ1) is 18.9. The van der Waals surface area contributed by atoms with Crippen LogP contribution in [0, 0.1) is 11.8 Å². The molecule has 3 aliphatic rings. The first kappa shape index (κ1) is 28.8. The minimum atomic E-state index is -1.09. The minimum absolute atomic E-state index is 0.123. The van der Waals surface area contributed by atoms with Gasteiger partial charge in [-0.05, 0) is 56.4 Å². The van der Waals surface area contributed by atoms with Gasteiger partial charge in [0.2, 0.25) is 5.91 Å². The second kappa shape index (κ2) is 12.8. The third-order valence-electron chi connectivity index (χ3n) is 8.14. The number of aliphatic hydroxyl groups is 1. The molecule has 5 atom stereocenters. The summed E-state index contributed by atoms with van der Waals surface area (Å²) in [5.74, 6) is -1.76. The second-order valence-corrected chi connectivity index (χ2v) is 10.4. The first-order valence-electron chi connectivity index (χ1n) is 13.9. The van der Waals surface area contributed by atoms with E-state index in [1.54, 1.807) is 53.3 Å². The Hall–Kier alpha value is -3.17. The number of ether oxygens (including phenoxy) is 3. The third kappa shape index (κ3) is 5.47. The van der Waals surface area contributed by atoms with E-state index in [4.69, 9.17) is 19.3 Å². The van der Waals surface area contributed by atoms with Crippen LogP contribution in [0.1, 0.15) is 44.9 Å². The van der Waals surface area contributed by atoms with Crippen LogP contribution in [0.3, 0.4) is 0 Å². The molecular formula is C30H40N2O7. The molecule has 2 unspecified atom stereocenters. The van der Waals surface area contributed by atoms with E-state index in [-0.39, 0.29) is 31.6 Å². The molecule has 212 valence electrons. The van der Waals surface area contributed by atoms with E-state index in [1.807, 2.05) is 0 Å². The maximum absolute atomic E-state index is 14.4. The van der Waals surface area contributed by atoms with Crippen LogP contribution in [-0.2, 0) is 23.9 Å². The van der Waals surface area contributed by atoms with Crippen molar-refractivity contribution in [3.8, 4) is 5.75 Å². The number of nitrogens with zero attached hydrogens (tertiary/aromatic N) is 2. The molecule has 9 nitrogen and oxygen atoms in total. The lowest BCUT2D eigenvalue weighted by atomic mass is 9.70. The maximum Gasteiger partial charge on any atom is 0.312 e. The Morgan fingerprint density at radius 3 is 2.59 bits per heavy atom. The Kier molecular flexibility index (Phi) is 9.45. The molecule has 1 N–H and O–H groups in total. The molecule has 3 heterocycles. The first-order valence-corrected chi connectivity index (χ1v) is 13.9. The van der Waals surface area contributed by atoms with Crippen LogP contribution in [0.2, 0.25) is 0 Å². The van der Waals surface area contributed by atoms with Crippen LogP contribution < -0.4 is 9.64 Å². The summed E-state index contributed by atoms with van der Waals surface area (Å²) in [5.41, 5.74) is -0.429. The molecule has 0 saturated carbocycles. The maximum atomic E-state index is 14.4. The number of carbonyl (C=O) groups is 3. The van der Waals surface area contributed by atoms with Crippen molar-refractivity contribution < 1.29 is 33.7 Å². The van der Waals surface area contributed by atoms with E-state index in [0.29, 0.717) is 50.1 Å². The molecule has 0 radical (unpaired) electrons. The van der Waals surface area contributed by atoms with Gasteiger partial charge in [0.25, 0.3) is 5.91 Å². The lowest BCUT2D eigenvalue weighted by Crippen LogP contribution is -2.56. The molecule has 1 aromatic rings. The molecule has 2 bridgehead atoms. The molecule has 0 aliphatic carbocycles. The largest absolute Gasteiger partial charge is 0.497 e. The smallest absolute Gasteiger partial charge is 0.312 e. The van der Waals surface area contributed by atoms with Gasteiger partial charge in [0.05, 0.1) is 31.7 Å². The molecule has 1 aromatic carbocycles. The van der Waals surface area contributed by atoms with Gasteiger partial charge in [-0.2, -0.15) is 0 Å². The number of fused-ring (bicyclic) bond motifs is 1. The number of esters is 1. The Labute approximate surface area is 230 Å². The highest BCUT2D eigenvalue weighted by Crippen LogP contribution is 2.59. The van der Waals surface area contributed by atoms with Crippen LogP contribution >= 0.6 is 0 Å². The second-order valence-electron chi connectivity index (χ2n) is 10.4. The summed E-state index contributed by atoms with van der Waals surface area (Å²) in [6.45, 7) is 8.44. The number of benzene rings is 1. The summed E-state index contributed by atoms with van der Waals surface area (Å²) in [4.78, 5) is 44.9. The van der Waals surface area contributed by atoms with Gasteiger partial charge in [-0.1, -0.05) is 25.0 Å². The Balaban J connectivity index is 1.66. The van der Waals surface area contributed by atoms with E-state index >= 15 is 0 Å². The van der Waals surface area contributed by atoms with Gasteiger partial charge in [0.1, 0.15) is 17.4 Å². The van der Waals surface area contributed by atoms with Gasteiger partial charge in [0, 0.05) is 25.4 Å². The van der Waals surface area contributed by atoms with Crippen molar-refractivity contribution in [2.75, 3.05) is 38.3 Å². The van der Waals surface area contributed by atoms with Crippen LogP contribution in [0.5, 0.6) is 5.75 Å². The lowest BCUT2D eigenvalue weighted by molar-refractivity contribution is -0.155. The van der Waals surface area contributed by atoms with Crippen LogP contribution in [0.25, 0.3) is 0 Å². The number of likely N-dealkylation sites (tertiary alicyclic amines) is 1. The molecule has 9 heteroatoms. The third-order valence-corrected chi connectivity index (χ3v) is 8.14. The van der Waals surface area contributed by atoms with E-state index < -0.39 is 35.6 Å². The zero-order chi connectivity index (χ0) is 28.0. The summed E-state index contributed by atoms with van der Waals surface area (Å²) >= 11 is 0. The molecule has 2 amide bonds. The number of hydrogen-bond donors (Lipinski definition) is 1. The number of unbranched alkanes of at least 4 members (excludes halogenated alkanes) is 3. The van der Waals surface area contributed by atoms with Crippen molar-refractivity contribution in [2.45, 2.75) is 62.7 Å². The highest BCUT2D eigenvalue weighted by Gasteiger charge is 2.75. The highest BCUT2D eigenvalue weighted by atomic mass is 16.6. The average Bonchev–Trinajstić information content (AvgIpc) is 3.59. The highest BCUT2D eigenvalue weighted by molar-refractivity contribution is 6.04. The van der Waals surface area contributed by atoms with Crippen molar-refractivity contribution in [3.63, 3.8) is 0 Å². The number of rotatable bonds is 15. The molecule has 0 aromatic heterocycles. The molecular weight excluding hydrogens is 500 g/mol. The zero-order valence-electron chi connectivity index (χ0n) is 22.8. The summed E-state index contributed by atoms with van der Waals surface area (Å²) in [6.07, 6.45) is 7.52. The predicted molar refractivity (Wildman–Crippen MR) is 146 cm³/mol. The van der Waals surface area contributed by atoms with E-state index in [9.17, 15) is 14.4 Å². The fraction of sp³-hybridized carbons (Fsp3) is 0.567. The van der Waals surface area contributed by atoms with Crippen LogP contribution in [0.15, 0.2) is 49.6 Å². The SMILES string of the molecule is C=CCCOC(=O)[C@@H]1[C@H]2C(=O)N(CCCCCCO)C(C(=O)N(CC=C)c3ccc(OC)cc3)C23CC[C@H]1O3. The Morgan fingerprint density at radius 2 is 1.92 bits per heavy atom. The minimum Gasteiger partial charge on any atom is -0.497 e. The van der Waals surface area contributed by atoms with Crippen molar-refractivity contribution in [1.82, 2.24) is 4.90 Å². The van der Waals surface area contributed by atoms with Crippen LogP contribution in [0.4, 0.5) is 5.69 Å². The van der Waals surface area contributed by atoms with Crippen LogP contribution in [-0.4, -0.2) is 79.0 Å². The number of hydrogen-bond acceptors (Lipinski definition) is 7. The van der Waals surface area contributed by atoms with Gasteiger partial charge in [-0.3, -0.25) is 14.4 Å². The molecule has 1 spiro atoms. The Bertz CT molecular complexity index is 1060. The van der Waals surface area contributed by atoms with Crippen molar-refractivity contribution in [1.29, 1.82) is 0 Å². The molecule has 3 aliphatic heterocycles. The van der Waals surface area contributed by atoms with Gasteiger partial charge in [-0.25, -0.2) is 0 Å². The van der Waals surface area contributed by atoms with Gasteiger partial charge < -0.3 is 29.1 Å². The van der Waals surface area contributed by atoms with Crippen molar-refractivity contribution in [2.24, 2.45) is 11.8 Å². The molecule has 4 rings (SSSR count). The Morgan fingerprint density at radius 1 is 1.18 bits per heavy atom. The summed E-state index contributed by atoms with van der Waals surface area (Å²) in [7, 11) is 1.58. The topological polar surface area (TPSA) is 106 Å². The molecule has 3 fully saturated rings. The van der Waals surface area contributed by atoms with Crippen molar-refractivity contribution >= 4 is 23.5 Å². The van der Waals surface area contributed by atoms with Gasteiger partial charge in [-0.15, -0.1) is 13.2 Å². The lowest BCUT2D eigenvalue weighted by Gasteiger charge is -2.36. The summed E-state index contributed by atoms with van der Waals surface area (Å²) < 4.78 is 17.3. The number of carbonyl (C=O) groups excluding carboxylic acids is 3. The molecule has 3 saturated heterocycles. The summed E-state index contributed by atoms with van der Waals surface area (Å²) in [5, 5.41) is 9.13. The summed E-state index contributed by atoms with van der Waals surface area (Å²) in [6, 6.07) is 6.30. The zero-order valence-corrected chi connectivity index (χ0v) is 22.8. The number of aliphatic hydroxyl groups excluding tert-OH is 1. The normalized spacial score (nSPS) is 26.8. The van der Waals surface area contributed by atoms with Crippen molar-refractivity contribution in [3.05, 3.63) is 49.6 Å². The quantitative estimate of drug-likeness (QED) is 0.207. The number of amides is 2. The number of anilines is 1. The fourth-order valence-electron chi connectivity index (χ4n) is 6.39. The average molecular weight is 541 g/mol. The van der Waals surface area contributed by atoms with E-state index in [2.05, 4.69) is 13.2 Å². The van der Waals surface area contributed by atoms with E-state index in [0.717, 1.165) is 12.8 Å². The monoisotopic (exact) mass is 540 g/mol. The van der Waals surface area contributed by atoms with Gasteiger partial charge in [0.15, 0.2) is 0 Å². The fourth-order valence-corrected chi connectivity index (χ4v) is 6.39. The predicted octanol–water partition coefficient (Wildman–Crippen LogP) is 3.26.